The van der Waals surface area contributed by atoms with Gasteiger partial charge in [0.1, 0.15) is 5.02 Å². The van der Waals surface area contributed by atoms with E-state index in [-0.39, 0.29) is 44.7 Å². The van der Waals surface area contributed by atoms with E-state index in [9.17, 15) is 13.2 Å². The van der Waals surface area contributed by atoms with Crippen molar-refractivity contribution < 1.29 is 17.9 Å². The van der Waals surface area contributed by atoms with Gasteiger partial charge in [-0.25, -0.2) is 8.42 Å². The van der Waals surface area contributed by atoms with Gasteiger partial charge in [-0.1, -0.05) is 34.8 Å². The summed E-state index contributed by atoms with van der Waals surface area (Å²) in [6.07, 6.45) is 0.479. The summed E-state index contributed by atoms with van der Waals surface area (Å²) in [5, 5.41) is 0.459. The van der Waals surface area contributed by atoms with Crippen LogP contribution >= 0.6 is 34.8 Å². The van der Waals surface area contributed by atoms with Crippen molar-refractivity contribution in [2.45, 2.75) is 12.8 Å². The molecule has 1 aromatic rings. The summed E-state index contributed by atoms with van der Waals surface area (Å²) >= 11 is 17.6. The van der Waals surface area contributed by atoms with Crippen molar-refractivity contribution in [2.75, 3.05) is 11.5 Å². The lowest BCUT2D eigenvalue weighted by atomic mass is 10.1. The van der Waals surface area contributed by atoms with Gasteiger partial charge in [0.2, 0.25) is 0 Å². The number of benzene rings is 1. The van der Waals surface area contributed by atoms with Crippen LogP contribution in [0.4, 0.5) is 0 Å². The van der Waals surface area contributed by atoms with E-state index in [1.165, 1.54) is 12.1 Å². The summed E-state index contributed by atoms with van der Waals surface area (Å²) in [7, 11) is -3.02. The second kappa shape index (κ2) is 6.10. The third-order valence-corrected chi connectivity index (χ3v) is 5.92. The SMILES string of the molecule is O=C(C[C@H]1CCS(=O)(=O)C1)Oc1c(Cl)ccc(Cl)c1Cl. The van der Waals surface area contributed by atoms with Crippen molar-refractivity contribution in [3.63, 3.8) is 0 Å². The van der Waals surface area contributed by atoms with Gasteiger partial charge in [0.15, 0.2) is 15.6 Å². The summed E-state index contributed by atoms with van der Waals surface area (Å²) in [6.45, 7) is 0. The number of halogens is 3. The highest BCUT2D eigenvalue weighted by Crippen LogP contribution is 2.38. The Balaban J connectivity index is 2.04. The molecule has 20 heavy (non-hydrogen) atoms. The van der Waals surface area contributed by atoms with Gasteiger partial charge < -0.3 is 4.74 Å². The number of carbonyl (C=O) groups is 1. The molecule has 1 heterocycles. The summed E-state index contributed by atoms with van der Waals surface area (Å²) in [5.74, 6) is -0.656. The van der Waals surface area contributed by atoms with E-state index in [1.54, 1.807) is 0 Å². The fourth-order valence-electron chi connectivity index (χ4n) is 2.03. The first-order valence-corrected chi connectivity index (χ1v) is 8.78. The lowest BCUT2D eigenvalue weighted by Crippen LogP contribution is -2.15. The quantitative estimate of drug-likeness (QED) is 0.473. The van der Waals surface area contributed by atoms with Crippen molar-refractivity contribution >= 4 is 50.6 Å². The molecular formula is C12H11Cl3O4S. The van der Waals surface area contributed by atoms with Crippen LogP contribution in [-0.2, 0) is 14.6 Å². The molecule has 1 aromatic carbocycles. The molecule has 1 saturated heterocycles. The molecule has 4 nitrogen and oxygen atoms in total. The summed E-state index contributed by atoms with van der Waals surface area (Å²) in [5.41, 5.74) is 0. The Kier molecular flexibility index (Phi) is 4.84. The van der Waals surface area contributed by atoms with Crippen molar-refractivity contribution in [2.24, 2.45) is 5.92 Å². The maximum Gasteiger partial charge on any atom is 0.311 e. The van der Waals surface area contributed by atoms with E-state index in [0.29, 0.717) is 6.42 Å². The highest BCUT2D eigenvalue weighted by Gasteiger charge is 2.30. The van der Waals surface area contributed by atoms with Crippen molar-refractivity contribution in [3.8, 4) is 5.75 Å². The highest BCUT2D eigenvalue weighted by molar-refractivity contribution is 7.91. The molecule has 0 N–H and O–H groups in total. The Hall–Kier alpha value is -0.490. The average Bonchev–Trinajstić information content (AvgIpc) is 2.69. The minimum atomic E-state index is -3.02. The highest BCUT2D eigenvalue weighted by atomic mass is 35.5. The molecular weight excluding hydrogens is 347 g/mol. The van der Waals surface area contributed by atoms with Crippen molar-refractivity contribution in [1.29, 1.82) is 0 Å². The van der Waals surface area contributed by atoms with Crippen LogP contribution in [0.1, 0.15) is 12.8 Å². The molecule has 1 aliphatic rings. The fourth-order valence-corrected chi connectivity index (χ4v) is 4.48. The monoisotopic (exact) mass is 356 g/mol. The molecule has 0 aliphatic carbocycles. The third-order valence-electron chi connectivity index (χ3n) is 3.00. The van der Waals surface area contributed by atoms with Crippen LogP contribution in [0.3, 0.4) is 0 Å². The molecule has 1 atom stereocenters. The van der Waals surface area contributed by atoms with Gasteiger partial charge in [0.25, 0.3) is 0 Å². The molecule has 0 bridgehead atoms. The molecule has 0 radical (unpaired) electrons. The van der Waals surface area contributed by atoms with E-state index >= 15 is 0 Å². The fraction of sp³-hybridized carbons (Fsp3) is 0.417. The zero-order chi connectivity index (χ0) is 14.9. The first-order chi connectivity index (χ1) is 9.28. The minimum absolute atomic E-state index is 0.00619. The Morgan fingerprint density at radius 1 is 1.25 bits per heavy atom. The molecule has 0 unspecified atom stereocenters. The van der Waals surface area contributed by atoms with Gasteiger partial charge in [-0.2, -0.15) is 0 Å². The molecule has 0 amide bonds. The Labute approximate surface area is 131 Å². The second-order valence-electron chi connectivity index (χ2n) is 4.62. The number of hydrogen-bond donors (Lipinski definition) is 0. The summed E-state index contributed by atoms with van der Waals surface area (Å²) in [4.78, 5) is 11.8. The topological polar surface area (TPSA) is 60.4 Å². The van der Waals surface area contributed by atoms with Gasteiger partial charge in [0.05, 0.1) is 21.6 Å². The Morgan fingerprint density at radius 2 is 1.90 bits per heavy atom. The smallest absolute Gasteiger partial charge is 0.311 e. The van der Waals surface area contributed by atoms with Gasteiger partial charge in [-0.15, -0.1) is 0 Å². The first kappa shape index (κ1) is 15.9. The van der Waals surface area contributed by atoms with E-state index in [1.807, 2.05) is 0 Å². The molecule has 1 fully saturated rings. The van der Waals surface area contributed by atoms with Crippen LogP contribution in [0, 0.1) is 5.92 Å². The summed E-state index contributed by atoms with van der Waals surface area (Å²) in [6, 6.07) is 2.96. The predicted molar refractivity (Wildman–Crippen MR) is 78.5 cm³/mol. The van der Waals surface area contributed by atoms with Crippen LogP contribution < -0.4 is 4.74 Å². The van der Waals surface area contributed by atoms with E-state index in [2.05, 4.69) is 0 Å². The number of ether oxygens (including phenoxy) is 1. The van der Waals surface area contributed by atoms with Gasteiger partial charge >= 0.3 is 5.97 Å². The largest absolute Gasteiger partial charge is 0.423 e. The van der Waals surface area contributed by atoms with Gasteiger partial charge in [-0.3, -0.25) is 4.79 Å². The molecule has 8 heteroatoms. The Bertz CT molecular complexity index is 642. The van der Waals surface area contributed by atoms with Crippen molar-refractivity contribution in [3.05, 3.63) is 27.2 Å². The van der Waals surface area contributed by atoms with Gasteiger partial charge in [-0.05, 0) is 24.5 Å². The number of hydrogen-bond acceptors (Lipinski definition) is 4. The third kappa shape index (κ3) is 3.79. The van der Waals surface area contributed by atoms with Crippen LogP contribution in [-0.4, -0.2) is 25.9 Å². The molecule has 110 valence electrons. The molecule has 1 aliphatic heterocycles. The van der Waals surface area contributed by atoms with E-state index in [4.69, 9.17) is 39.5 Å². The maximum absolute atomic E-state index is 11.8. The lowest BCUT2D eigenvalue weighted by molar-refractivity contribution is -0.135. The number of sulfone groups is 1. The van der Waals surface area contributed by atoms with Gasteiger partial charge in [0, 0.05) is 6.42 Å². The second-order valence-corrected chi connectivity index (χ2v) is 8.04. The van der Waals surface area contributed by atoms with Crippen LogP contribution in [0.25, 0.3) is 0 Å². The van der Waals surface area contributed by atoms with Crippen LogP contribution in [0.15, 0.2) is 12.1 Å². The standard InChI is InChI=1S/C12H11Cl3O4S/c13-8-1-2-9(14)12(11(8)15)19-10(16)5-7-3-4-20(17,18)6-7/h1-2,7H,3-6H2/t7-/m1/s1. The van der Waals surface area contributed by atoms with E-state index < -0.39 is 15.8 Å². The Morgan fingerprint density at radius 3 is 2.50 bits per heavy atom. The summed E-state index contributed by atoms with van der Waals surface area (Å²) < 4.78 is 27.7. The number of carbonyl (C=O) groups excluding carboxylic acids is 1. The molecule has 0 saturated carbocycles. The van der Waals surface area contributed by atoms with Crippen LogP contribution in [0.2, 0.25) is 15.1 Å². The number of esters is 1. The zero-order valence-electron chi connectivity index (χ0n) is 10.2. The van der Waals surface area contributed by atoms with E-state index in [0.717, 1.165) is 0 Å². The predicted octanol–water partition coefficient (Wildman–Crippen LogP) is 3.38. The lowest BCUT2D eigenvalue weighted by Gasteiger charge is -2.11. The van der Waals surface area contributed by atoms with Crippen molar-refractivity contribution in [1.82, 2.24) is 0 Å². The number of rotatable bonds is 3. The maximum atomic E-state index is 11.8. The zero-order valence-corrected chi connectivity index (χ0v) is 13.3. The first-order valence-electron chi connectivity index (χ1n) is 5.83. The van der Waals surface area contributed by atoms with Crippen LogP contribution in [0.5, 0.6) is 5.75 Å². The average molecular weight is 358 g/mol. The molecule has 0 spiro atoms. The molecule has 2 rings (SSSR count). The molecule has 0 aromatic heterocycles. The normalized spacial score (nSPS) is 20.9. The minimum Gasteiger partial charge on any atom is -0.423 e.